The molecule has 0 saturated carbocycles. The van der Waals surface area contributed by atoms with Crippen molar-refractivity contribution in [2.45, 2.75) is 37.6 Å². The minimum absolute atomic E-state index is 0.0949. The largest absolute Gasteiger partial charge is 0.370 e. The van der Waals surface area contributed by atoms with Gasteiger partial charge in [-0.3, -0.25) is 14.4 Å². The number of hydrogen-bond acceptors (Lipinski definition) is 3. The average molecular weight is 343 g/mol. The zero-order valence-electron chi connectivity index (χ0n) is 14.5. The Morgan fingerprint density at radius 3 is 2.40 bits per heavy atom. The molecule has 25 heavy (non-hydrogen) atoms. The van der Waals surface area contributed by atoms with Crippen LogP contribution in [0.4, 0.5) is 0 Å². The highest BCUT2D eigenvalue weighted by Gasteiger charge is 2.43. The van der Waals surface area contributed by atoms with Gasteiger partial charge in [0.1, 0.15) is 0 Å². The fourth-order valence-electron chi connectivity index (χ4n) is 3.36. The summed E-state index contributed by atoms with van der Waals surface area (Å²) >= 11 is 0. The molecule has 6 heteroatoms. The summed E-state index contributed by atoms with van der Waals surface area (Å²) in [5, 5.41) is 2.91. The van der Waals surface area contributed by atoms with Gasteiger partial charge in [-0.2, -0.15) is 0 Å². The third-order valence-electron chi connectivity index (χ3n) is 4.75. The molecule has 2 rings (SSSR count). The Hall–Kier alpha value is -2.63. The van der Waals surface area contributed by atoms with Crippen LogP contribution in [-0.2, 0) is 19.8 Å². The number of carbonyl (C=O) groups excluding carboxylic acids is 3. The molecule has 0 spiro atoms. The van der Waals surface area contributed by atoms with Gasteiger partial charge in [-0.15, -0.1) is 0 Å². The predicted octanol–water partition coefficient (Wildman–Crippen LogP) is 1.11. The van der Waals surface area contributed by atoms with E-state index in [-0.39, 0.29) is 24.3 Å². The van der Waals surface area contributed by atoms with E-state index in [0.717, 1.165) is 5.56 Å². The summed E-state index contributed by atoms with van der Waals surface area (Å²) in [6, 6.07) is 9.24. The van der Waals surface area contributed by atoms with Crippen LogP contribution in [0.25, 0.3) is 0 Å². The molecule has 1 aromatic carbocycles. The Balaban J connectivity index is 2.23. The van der Waals surface area contributed by atoms with Gasteiger partial charge >= 0.3 is 0 Å². The average Bonchev–Trinajstić information content (AvgIpc) is 2.61. The maximum absolute atomic E-state index is 13.1. The van der Waals surface area contributed by atoms with Crippen molar-refractivity contribution >= 4 is 17.7 Å². The first kappa shape index (κ1) is 18.7. The minimum Gasteiger partial charge on any atom is -0.370 e. The number of hydrogen-bond donors (Lipinski definition) is 2. The first-order valence-electron chi connectivity index (χ1n) is 8.45. The van der Waals surface area contributed by atoms with Gasteiger partial charge in [0.2, 0.25) is 17.7 Å². The van der Waals surface area contributed by atoms with Gasteiger partial charge < -0.3 is 16.0 Å². The van der Waals surface area contributed by atoms with Crippen molar-refractivity contribution in [3.8, 4) is 0 Å². The molecule has 0 radical (unpaired) electrons. The molecule has 1 fully saturated rings. The van der Waals surface area contributed by atoms with E-state index in [4.69, 9.17) is 5.73 Å². The number of amides is 3. The van der Waals surface area contributed by atoms with Crippen molar-refractivity contribution in [2.75, 3.05) is 13.1 Å². The summed E-state index contributed by atoms with van der Waals surface area (Å²) < 4.78 is 0. The molecule has 0 aliphatic carbocycles. The second-order valence-corrected chi connectivity index (χ2v) is 6.52. The highest BCUT2D eigenvalue weighted by Crippen LogP contribution is 2.36. The molecule has 3 N–H and O–H groups in total. The number of carbonyl (C=O) groups is 3. The van der Waals surface area contributed by atoms with Crippen molar-refractivity contribution in [3.05, 3.63) is 48.6 Å². The van der Waals surface area contributed by atoms with Gasteiger partial charge in [0.15, 0.2) is 0 Å². The molecular formula is C19H25N3O3. The minimum atomic E-state index is -0.717. The summed E-state index contributed by atoms with van der Waals surface area (Å²) in [5.41, 5.74) is 5.42. The highest BCUT2D eigenvalue weighted by molar-refractivity contribution is 5.90. The lowest BCUT2D eigenvalue weighted by molar-refractivity contribution is -0.134. The molecule has 1 aromatic rings. The molecule has 1 atom stereocenters. The maximum atomic E-state index is 13.1. The molecule has 1 unspecified atom stereocenters. The van der Waals surface area contributed by atoms with E-state index in [1.807, 2.05) is 30.3 Å². The van der Waals surface area contributed by atoms with Gasteiger partial charge in [-0.1, -0.05) is 36.9 Å². The van der Waals surface area contributed by atoms with E-state index >= 15 is 0 Å². The van der Waals surface area contributed by atoms with Gasteiger partial charge in [-0.05, 0) is 31.4 Å². The molecule has 6 nitrogen and oxygen atoms in total. The summed E-state index contributed by atoms with van der Waals surface area (Å²) in [7, 11) is 0. The Bertz CT molecular complexity index is 649. The number of rotatable bonds is 6. The lowest BCUT2D eigenvalue weighted by Gasteiger charge is -2.41. The SMILES string of the molecule is C=CC(=O)N1CCC(C(=O)NC(C)CC(N)=O)(c2ccccc2)CC1. The van der Waals surface area contributed by atoms with E-state index in [2.05, 4.69) is 11.9 Å². The van der Waals surface area contributed by atoms with Gasteiger partial charge in [0, 0.05) is 25.6 Å². The Morgan fingerprint density at radius 1 is 1.28 bits per heavy atom. The van der Waals surface area contributed by atoms with E-state index in [0.29, 0.717) is 25.9 Å². The van der Waals surface area contributed by atoms with Crippen molar-refractivity contribution in [3.63, 3.8) is 0 Å². The Kier molecular flexibility index (Phi) is 5.96. The quantitative estimate of drug-likeness (QED) is 0.758. The van der Waals surface area contributed by atoms with Crippen LogP contribution in [0.15, 0.2) is 43.0 Å². The van der Waals surface area contributed by atoms with Crippen LogP contribution in [0.5, 0.6) is 0 Å². The fraction of sp³-hybridized carbons (Fsp3) is 0.421. The monoisotopic (exact) mass is 343 g/mol. The first-order valence-corrected chi connectivity index (χ1v) is 8.45. The number of likely N-dealkylation sites (tertiary alicyclic amines) is 1. The Morgan fingerprint density at radius 2 is 1.88 bits per heavy atom. The predicted molar refractivity (Wildman–Crippen MR) is 95.5 cm³/mol. The summed E-state index contributed by atoms with van der Waals surface area (Å²) in [4.78, 5) is 37.7. The number of benzene rings is 1. The molecule has 0 aromatic heterocycles. The molecular weight excluding hydrogens is 318 g/mol. The van der Waals surface area contributed by atoms with E-state index < -0.39 is 11.3 Å². The van der Waals surface area contributed by atoms with Crippen LogP contribution >= 0.6 is 0 Å². The molecule has 134 valence electrons. The maximum Gasteiger partial charge on any atom is 0.245 e. The fourth-order valence-corrected chi connectivity index (χ4v) is 3.36. The Labute approximate surface area is 148 Å². The molecule has 1 heterocycles. The van der Waals surface area contributed by atoms with Gasteiger partial charge in [0.05, 0.1) is 5.41 Å². The first-order chi connectivity index (χ1) is 11.9. The number of nitrogens with two attached hydrogens (primary N) is 1. The molecule has 1 aliphatic heterocycles. The number of piperidine rings is 1. The summed E-state index contributed by atoms with van der Waals surface area (Å²) in [5.74, 6) is -0.699. The topological polar surface area (TPSA) is 92.5 Å². The van der Waals surface area contributed by atoms with E-state index in [1.54, 1.807) is 11.8 Å². The second kappa shape index (κ2) is 7.96. The summed E-state index contributed by atoms with van der Waals surface area (Å²) in [6.07, 6.45) is 2.43. The van der Waals surface area contributed by atoms with E-state index in [1.165, 1.54) is 6.08 Å². The molecule has 3 amide bonds. The van der Waals surface area contributed by atoms with Gasteiger partial charge in [0.25, 0.3) is 0 Å². The molecule has 1 saturated heterocycles. The molecule has 0 bridgehead atoms. The van der Waals surface area contributed by atoms with Crippen molar-refractivity contribution < 1.29 is 14.4 Å². The highest BCUT2D eigenvalue weighted by atomic mass is 16.2. The van der Waals surface area contributed by atoms with E-state index in [9.17, 15) is 14.4 Å². The third-order valence-corrected chi connectivity index (χ3v) is 4.75. The van der Waals surface area contributed by atoms with Crippen molar-refractivity contribution in [1.29, 1.82) is 0 Å². The van der Waals surface area contributed by atoms with Crippen LogP contribution in [-0.4, -0.2) is 41.8 Å². The number of primary amides is 1. The smallest absolute Gasteiger partial charge is 0.245 e. The van der Waals surface area contributed by atoms with Crippen LogP contribution in [0.3, 0.4) is 0 Å². The summed E-state index contributed by atoms with van der Waals surface area (Å²) in [6.45, 7) is 6.25. The van der Waals surface area contributed by atoms with Crippen LogP contribution in [0.1, 0.15) is 31.7 Å². The zero-order chi connectivity index (χ0) is 18.4. The lowest BCUT2D eigenvalue weighted by atomic mass is 9.71. The molecule has 1 aliphatic rings. The van der Waals surface area contributed by atoms with Crippen molar-refractivity contribution in [2.24, 2.45) is 5.73 Å². The second-order valence-electron chi connectivity index (χ2n) is 6.52. The van der Waals surface area contributed by atoms with Crippen molar-refractivity contribution in [1.82, 2.24) is 10.2 Å². The van der Waals surface area contributed by atoms with Crippen LogP contribution in [0.2, 0.25) is 0 Å². The number of nitrogens with zero attached hydrogens (tertiary/aromatic N) is 1. The normalized spacial score (nSPS) is 17.4. The number of nitrogens with one attached hydrogen (secondary N) is 1. The zero-order valence-corrected chi connectivity index (χ0v) is 14.5. The standard InChI is InChI=1S/C19H25N3O3/c1-3-17(24)22-11-9-19(10-12-22,15-7-5-4-6-8-15)18(25)21-14(2)13-16(20)23/h3-8,14H,1,9-13H2,2H3,(H2,20,23)(H,21,25). The lowest BCUT2D eigenvalue weighted by Crippen LogP contribution is -2.54. The third kappa shape index (κ3) is 4.26. The van der Waals surface area contributed by atoms with Crippen LogP contribution in [0, 0.1) is 0 Å². The van der Waals surface area contributed by atoms with Crippen LogP contribution < -0.4 is 11.1 Å². The van der Waals surface area contributed by atoms with Gasteiger partial charge in [-0.25, -0.2) is 0 Å².